The van der Waals surface area contributed by atoms with E-state index in [1.807, 2.05) is 0 Å². The number of rotatable bonds is 2. The molecule has 1 heterocycles. The summed E-state index contributed by atoms with van der Waals surface area (Å²) in [5.41, 5.74) is 6.01. The van der Waals surface area contributed by atoms with Gasteiger partial charge in [0, 0.05) is 4.91 Å². The standard InChI is InChI=1S/C6H11N3O6/c7-9-8-6(1-10)4(13)2(11)3(12)5(14)15-6/h2-5,10-14H,1H2/t2-,3-,4+,5?,6-/m1/s1. The van der Waals surface area contributed by atoms with Gasteiger partial charge in [0.2, 0.25) is 5.72 Å². The van der Waals surface area contributed by atoms with Crippen molar-refractivity contribution < 1.29 is 30.3 Å². The van der Waals surface area contributed by atoms with Gasteiger partial charge in [-0.05, 0) is 5.53 Å². The lowest BCUT2D eigenvalue weighted by Gasteiger charge is -2.43. The Morgan fingerprint density at radius 1 is 1.27 bits per heavy atom. The van der Waals surface area contributed by atoms with Crippen LogP contribution in [-0.2, 0) is 4.74 Å². The fourth-order valence-electron chi connectivity index (χ4n) is 1.29. The van der Waals surface area contributed by atoms with E-state index in [-0.39, 0.29) is 0 Å². The lowest BCUT2D eigenvalue weighted by atomic mass is 9.95. The number of ether oxygens (including phenoxy) is 1. The number of nitrogens with zero attached hydrogens (tertiary/aromatic N) is 3. The molecule has 1 rings (SSSR count). The fourth-order valence-corrected chi connectivity index (χ4v) is 1.29. The maximum absolute atomic E-state index is 9.44. The van der Waals surface area contributed by atoms with Gasteiger partial charge >= 0.3 is 0 Å². The highest BCUT2D eigenvalue weighted by Gasteiger charge is 2.52. The van der Waals surface area contributed by atoms with Crippen molar-refractivity contribution in [1.82, 2.24) is 0 Å². The number of aliphatic hydroxyl groups excluding tert-OH is 5. The Balaban J connectivity index is 3.03. The summed E-state index contributed by atoms with van der Waals surface area (Å²) >= 11 is 0. The van der Waals surface area contributed by atoms with Gasteiger partial charge in [-0.15, -0.1) is 0 Å². The van der Waals surface area contributed by atoms with Crippen LogP contribution < -0.4 is 0 Å². The molecule has 0 aliphatic carbocycles. The summed E-state index contributed by atoms with van der Waals surface area (Å²) < 4.78 is 4.58. The summed E-state index contributed by atoms with van der Waals surface area (Å²) in [6, 6.07) is 0. The second-order valence-corrected chi connectivity index (χ2v) is 3.13. The third kappa shape index (κ3) is 1.90. The summed E-state index contributed by atoms with van der Waals surface area (Å²) in [5.74, 6) is 0. The first-order chi connectivity index (χ1) is 6.98. The molecular weight excluding hydrogens is 210 g/mol. The highest BCUT2D eigenvalue weighted by Crippen LogP contribution is 2.30. The normalized spacial score (nSPS) is 45.9. The molecule has 15 heavy (non-hydrogen) atoms. The number of azide groups is 1. The van der Waals surface area contributed by atoms with Crippen molar-refractivity contribution in [1.29, 1.82) is 0 Å². The van der Waals surface area contributed by atoms with Crippen LogP contribution in [0.3, 0.4) is 0 Å². The highest BCUT2D eigenvalue weighted by molar-refractivity contribution is 4.98. The predicted octanol–water partition coefficient (Wildman–Crippen LogP) is -2.58. The van der Waals surface area contributed by atoms with E-state index in [2.05, 4.69) is 14.8 Å². The zero-order chi connectivity index (χ0) is 11.6. The summed E-state index contributed by atoms with van der Waals surface area (Å²) in [6.45, 7) is -0.945. The quantitative estimate of drug-likeness (QED) is 0.195. The van der Waals surface area contributed by atoms with Gasteiger partial charge in [0.25, 0.3) is 0 Å². The molecule has 1 fully saturated rings. The van der Waals surface area contributed by atoms with Crippen LogP contribution in [0.25, 0.3) is 10.4 Å². The molecule has 86 valence electrons. The van der Waals surface area contributed by atoms with Gasteiger partial charge < -0.3 is 30.3 Å². The first kappa shape index (κ1) is 12.1. The average Bonchev–Trinajstić information content (AvgIpc) is 2.23. The van der Waals surface area contributed by atoms with Crippen LogP contribution in [0.4, 0.5) is 0 Å². The van der Waals surface area contributed by atoms with E-state index in [0.29, 0.717) is 0 Å². The maximum Gasteiger partial charge on any atom is 0.201 e. The molecule has 0 radical (unpaired) electrons. The van der Waals surface area contributed by atoms with Gasteiger partial charge in [-0.25, -0.2) is 0 Å². The fraction of sp³-hybridized carbons (Fsp3) is 1.00. The minimum atomic E-state index is -2.19. The Bertz CT molecular complexity index is 282. The zero-order valence-corrected chi connectivity index (χ0v) is 7.50. The SMILES string of the molecule is [N-]=[N+]=N[C@]1(CO)OC(O)[C@H](O)[C@@H](O)[C@@H]1O. The van der Waals surface area contributed by atoms with E-state index < -0.39 is 36.9 Å². The second-order valence-electron chi connectivity index (χ2n) is 3.13. The molecule has 1 unspecified atom stereocenters. The van der Waals surface area contributed by atoms with Crippen LogP contribution in [0.15, 0.2) is 5.11 Å². The van der Waals surface area contributed by atoms with Gasteiger partial charge in [-0.2, -0.15) is 0 Å². The monoisotopic (exact) mass is 221 g/mol. The topological polar surface area (TPSA) is 159 Å². The van der Waals surface area contributed by atoms with Crippen molar-refractivity contribution >= 4 is 0 Å². The molecule has 0 aromatic carbocycles. The molecule has 5 atom stereocenters. The predicted molar refractivity (Wildman–Crippen MR) is 44.1 cm³/mol. The summed E-state index contributed by atoms with van der Waals surface area (Å²) in [5, 5.41) is 48.8. The van der Waals surface area contributed by atoms with Crippen molar-refractivity contribution in [3.05, 3.63) is 10.4 Å². The molecule has 0 aromatic heterocycles. The molecule has 0 bridgehead atoms. The van der Waals surface area contributed by atoms with E-state index >= 15 is 0 Å². The molecule has 0 saturated carbocycles. The van der Waals surface area contributed by atoms with Gasteiger partial charge in [0.15, 0.2) is 6.29 Å². The minimum Gasteiger partial charge on any atom is -0.393 e. The van der Waals surface area contributed by atoms with Crippen LogP contribution in [0, 0.1) is 0 Å². The highest BCUT2D eigenvalue weighted by atomic mass is 16.7. The van der Waals surface area contributed by atoms with Crippen LogP contribution in [0.5, 0.6) is 0 Å². The Kier molecular flexibility index (Phi) is 3.47. The van der Waals surface area contributed by atoms with Crippen LogP contribution in [0.1, 0.15) is 0 Å². The number of hydrogen-bond donors (Lipinski definition) is 5. The van der Waals surface area contributed by atoms with Gasteiger partial charge in [-0.3, -0.25) is 0 Å². The largest absolute Gasteiger partial charge is 0.393 e. The van der Waals surface area contributed by atoms with Crippen LogP contribution >= 0.6 is 0 Å². The lowest BCUT2D eigenvalue weighted by molar-refractivity contribution is -0.324. The van der Waals surface area contributed by atoms with Crippen molar-refractivity contribution in [3.63, 3.8) is 0 Å². The summed E-state index contributed by atoms with van der Waals surface area (Å²) in [4.78, 5) is 2.32. The summed E-state index contributed by atoms with van der Waals surface area (Å²) in [7, 11) is 0. The Labute approximate surface area is 83.8 Å². The molecular formula is C6H11N3O6. The first-order valence-electron chi connectivity index (χ1n) is 4.05. The number of hydrogen-bond acceptors (Lipinski definition) is 7. The smallest absolute Gasteiger partial charge is 0.201 e. The van der Waals surface area contributed by atoms with E-state index in [0.717, 1.165) is 0 Å². The lowest BCUT2D eigenvalue weighted by Crippen LogP contribution is -2.64. The molecule has 0 spiro atoms. The van der Waals surface area contributed by atoms with E-state index in [1.165, 1.54) is 0 Å². The Morgan fingerprint density at radius 2 is 1.87 bits per heavy atom. The van der Waals surface area contributed by atoms with Crippen LogP contribution in [-0.4, -0.2) is 62.5 Å². The molecule has 9 heteroatoms. The van der Waals surface area contributed by atoms with Crippen molar-refractivity contribution in [2.45, 2.75) is 30.3 Å². The molecule has 9 nitrogen and oxygen atoms in total. The molecule has 1 aliphatic heterocycles. The van der Waals surface area contributed by atoms with Crippen LogP contribution in [0.2, 0.25) is 0 Å². The van der Waals surface area contributed by atoms with Gasteiger partial charge in [0.05, 0.1) is 6.61 Å². The van der Waals surface area contributed by atoms with Crippen molar-refractivity contribution in [3.8, 4) is 0 Å². The number of aliphatic hydroxyl groups is 5. The summed E-state index contributed by atoms with van der Waals surface area (Å²) in [6.07, 6.45) is -7.22. The zero-order valence-electron chi connectivity index (χ0n) is 7.50. The molecule has 0 amide bonds. The first-order valence-corrected chi connectivity index (χ1v) is 4.05. The average molecular weight is 221 g/mol. The Hall–Kier alpha value is -0.930. The van der Waals surface area contributed by atoms with Crippen molar-refractivity contribution in [2.75, 3.05) is 6.61 Å². The van der Waals surface area contributed by atoms with Gasteiger partial charge in [0.1, 0.15) is 18.3 Å². The van der Waals surface area contributed by atoms with E-state index in [1.54, 1.807) is 0 Å². The molecule has 1 saturated heterocycles. The molecule has 5 N–H and O–H groups in total. The molecule has 0 aromatic rings. The molecule has 1 aliphatic rings. The van der Waals surface area contributed by atoms with Gasteiger partial charge in [-0.1, -0.05) is 5.11 Å². The third-order valence-electron chi connectivity index (χ3n) is 2.19. The van der Waals surface area contributed by atoms with E-state index in [4.69, 9.17) is 20.9 Å². The Morgan fingerprint density at radius 3 is 2.33 bits per heavy atom. The van der Waals surface area contributed by atoms with E-state index in [9.17, 15) is 10.2 Å². The second kappa shape index (κ2) is 4.29. The van der Waals surface area contributed by atoms with Crippen molar-refractivity contribution in [2.24, 2.45) is 5.11 Å². The minimum absolute atomic E-state index is 0.945. The maximum atomic E-state index is 9.44. The third-order valence-corrected chi connectivity index (χ3v) is 2.19.